The highest BCUT2D eigenvalue weighted by Gasteiger charge is 2.28. The Morgan fingerprint density at radius 3 is 2.33 bits per heavy atom. The molecule has 0 spiro atoms. The van der Waals surface area contributed by atoms with Crippen molar-refractivity contribution in [1.82, 2.24) is 5.32 Å². The molecule has 0 aromatic heterocycles. The Bertz CT molecular complexity index is 304. The van der Waals surface area contributed by atoms with E-state index in [0.717, 1.165) is 19.3 Å². The number of carboxylic acid groups (broad SMARTS) is 1. The van der Waals surface area contributed by atoms with Gasteiger partial charge in [-0.3, -0.25) is 19.7 Å². The van der Waals surface area contributed by atoms with Gasteiger partial charge in [-0.25, -0.2) is 0 Å². The lowest BCUT2D eigenvalue weighted by atomic mass is 10.0. The average molecular weight is 258 g/mol. The predicted molar refractivity (Wildman–Crippen MR) is 66.7 cm³/mol. The molecule has 0 aromatic rings. The van der Waals surface area contributed by atoms with Gasteiger partial charge in [0.25, 0.3) is 0 Å². The van der Waals surface area contributed by atoms with Crippen molar-refractivity contribution in [3.05, 3.63) is 0 Å². The van der Waals surface area contributed by atoms with Crippen LogP contribution in [-0.4, -0.2) is 28.9 Å². The average Bonchev–Trinajstić information content (AvgIpc) is 2.59. The minimum absolute atomic E-state index is 0.0440. The molecule has 4 N–H and O–H groups in total. The van der Waals surface area contributed by atoms with Gasteiger partial charge >= 0.3 is 5.97 Å². The van der Waals surface area contributed by atoms with Gasteiger partial charge in [0.15, 0.2) is 0 Å². The molecule has 6 nitrogen and oxygen atoms in total. The van der Waals surface area contributed by atoms with Gasteiger partial charge in [-0.1, -0.05) is 26.7 Å². The molecular weight excluding hydrogens is 236 g/mol. The van der Waals surface area contributed by atoms with Crippen LogP contribution in [-0.2, 0) is 14.4 Å². The topological polar surface area (TPSA) is 109 Å². The largest absolute Gasteiger partial charge is 0.480 e. The van der Waals surface area contributed by atoms with Crippen molar-refractivity contribution in [2.24, 2.45) is 11.7 Å². The van der Waals surface area contributed by atoms with E-state index in [9.17, 15) is 14.4 Å². The third-order valence-electron chi connectivity index (χ3n) is 2.62. The van der Waals surface area contributed by atoms with Crippen LogP contribution < -0.4 is 11.1 Å². The van der Waals surface area contributed by atoms with E-state index in [0.29, 0.717) is 12.8 Å². The number of rotatable bonds is 5. The second-order valence-corrected chi connectivity index (χ2v) is 4.34. The maximum Gasteiger partial charge on any atom is 0.320 e. The summed E-state index contributed by atoms with van der Waals surface area (Å²) in [4.78, 5) is 31.4. The van der Waals surface area contributed by atoms with Gasteiger partial charge in [0.2, 0.25) is 11.8 Å². The van der Waals surface area contributed by atoms with Crippen LogP contribution in [0.15, 0.2) is 0 Å². The lowest BCUT2D eigenvalue weighted by Crippen LogP contribution is -2.29. The fourth-order valence-corrected chi connectivity index (χ4v) is 1.62. The van der Waals surface area contributed by atoms with Crippen LogP contribution in [0, 0.1) is 5.92 Å². The maximum atomic E-state index is 10.8. The SMILES string of the molecule is CCCC(N)C(=O)O.CCCC1CC(=O)NC1=O. The molecule has 2 unspecified atom stereocenters. The zero-order valence-electron chi connectivity index (χ0n) is 10.9. The van der Waals surface area contributed by atoms with Crippen molar-refractivity contribution in [3.63, 3.8) is 0 Å². The van der Waals surface area contributed by atoms with Crippen LogP contribution in [0.1, 0.15) is 46.0 Å². The first-order valence-electron chi connectivity index (χ1n) is 6.24. The number of carbonyl (C=O) groups is 3. The fraction of sp³-hybridized carbons (Fsp3) is 0.750. The lowest BCUT2D eigenvalue weighted by molar-refractivity contribution is -0.138. The molecule has 1 aliphatic heterocycles. The number of aliphatic carboxylic acids is 1. The van der Waals surface area contributed by atoms with E-state index in [2.05, 4.69) is 5.32 Å². The van der Waals surface area contributed by atoms with Crippen molar-refractivity contribution in [3.8, 4) is 0 Å². The molecular formula is C12H22N2O4. The van der Waals surface area contributed by atoms with E-state index in [1.165, 1.54) is 0 Å². The third-order valence-corrected chi connectivity index (χ3v) is 2.62. The molecule has 0 saturated carbocycles. The molecule has 1 aliphatic rings. The van der Waals surface area contributed by atoms with Crippen molar-refractivity contribution in [1.29, 1.82) is 0 Å². The first-order valence-corrected chi connectivity index (χ1v) is 6.24. The van der Waals surface area contributed by atoms with Crippen LogP contribution >= 0.6 is 0 Å². The minimum Gasteiger partial charge on any atom is -0.480 e. The van der Waals surface area contributed by atoms with Crippen LogP contribution in [0.2, 0.25) is 0 Å². The first-order chi connectivity index (χ1) is 8.42. The molecule has 6 heteroatoms. The number of amides is 2. The molecule has 18 heavy (non-hydrogen) atoms. The summed E-state index contributed by atoms with van der Waals surface area (Å²) >= 11 is 0. The molecule has 104 valence electrons. The van der Waals surface area contributed by atoms with Gasteiger partial charge in [-0.2, -0.15) is 0 Å². The summed E-state index contributed by atoms with van der Waals surface area (Å²) in [7, 11) is 0. The molecule has 0 aliphatic carbocycles. The summed E-state index contributed by atoms with van der Waals surface area (Å²) in [5, 5.41) is 10.5. The quantitative estimate of drug-likeness (QED) is 0.627. The van der Waals surface area contributed by atoms with Crippen LogP contribution in [0.4, 0.5) is 0 Å². The number of nitrogens with one attached hydrogen (secondary N) is 1. The number of carboxylic acids is 1. The van der Waals surface area contributed by atoms with Gasteiger partial charge in [-0.05, 0) is 12.8 Å². The third kappa shape index (κ3) is 6.34. The molecule has 0 bridgehead atoms. The first kappa shape index (κ1) is 16.6. The van der Waals surface area contributed by atoms with E-state index in [1.54, 1.807) is 0 Å². The smallest absolute Gasteiger partial charge is 0.320 e. The molecule has 1 fully saturated rings. The fourth-order valence-electron chi connectivity index (χ4n) is 1.62. The van der Waals surface area contributed by atoms with E-state index in [4.69, 9.17) is 10.8 Å². The summed E-state index contributed by atoms with van der Waals surface area (Å²) in [6.07, 6.45) is 3.58. The highest BCUT2D eigenvalue weighted by molar-refractivity contribution is 6.03. The van der Waals surface area contributed by atoms with Crippen molar-refractivity contribution in [2.45, 2.75) is 52.0 Å². The van der Waals surface area contributed by atoms with Crippen molar-refractivity contribution in [2.75, 3.05) is 0 Å². The van der Waals surface area contributed by atoms with E-state index < -0.39 is 12.0 Å². The molecule has 1 rings (SSSR count). The Labute approximate surface area is 107 Å². The zero-order valence-corrected chi connectivity index (χ0v) is 10.9. The molecule has 2 atom stereocenters. The van der Waals surface area contributed by atoms with Gasteiger partial charge in [-0.15, -0.1) is 0 Å². The molecule has 1 saturated heterocycles. The Balaban J connectivity index is 0.000000331. The van der Waals surface area contributed by atoms with Gasteiger partial charge in [0.05, 0.1) is 0 Å². The summed E-state index contributed by atoms with van der Waals surface area (Å²) < 4.78 is 0. The Morgan fingerprint density at radius 2 is 2.06 bits per heavy atom. The van der Waals surface area contributed by atoms with Gasteiger partial charge in [0, 0.05) is 12.3 Å². The second kappa shape index (κ2) is 8.63. The molecule has 2 amide bonds. The molecule has 1 heterocycles. The number of nitrogens with two attached hydrogens (primary N) is 1. The normalized spacial score (nSPS) is 19.8. The maximum absolute atomic E-state index is 10.8. The lowest BCUT2D eigenvalue weighted by Gasteiger charge is -2.00. The summed E-state index contributed by atoms with van der Waals surface area (Å²) in [6, 6.07) is -0.667. The molecule has 0 aromatic carbocycles. The number of carbonyl (C=O) groups excluding carboxylic acids is 2. The Hall–Kier alpha value is -1.43. The summed E-state index contributed by atoms with van der Waals surface area (Å²) in [5.74, 6) is -1.17. The standard InChI is InChI=1S/C7H11NO2.C5H11NO2/c1-2-3-5-4-6(9)8-7(5)10;1-2-3-4(6)5(7)8/h5H,2-4H2,1H3,(H,8,9,10);4H,2-3,6H2,1H3,(H,7,8). The van der Waals surface area contributed by atoms with E-state index in [-0.39, 0.29) is 17.7 Å². The molecule has 0 radical (unpaired) electrons. The van der Waals surface area contributed by atoms with Gasteiger partial charge < -0.3 is 10.8 Å². The predicted octanol–water partition coefficient (Wildman–Crippen LogP) is 0.648. The zero-order chi connectivity index (χ0) is 14.1. The highest BCUT2D eigenvalue weighted by atomic mass is 16.4. The van der Waals surface area contributed by atoms with Crippen LogP contribution in [0.25, 0.3) is 0 Å². The second-order valence-electron chi connectivity index (χ2n) is 4.34. The number of hydrogen-bond acceptors (Lipinski definition) is 4. The van der Waals surface area contributed by atoms with E-state index in [1.807, 2.05) is 13.8 Å². The van der Waals surface area contributed by atoms with Crippen LogP contribution in [0.5, 0.6) is 0 Å². The number of hydrogen-bond donors (Lipinski definition) is 3. The Morgan fingerprint density at radius 1 is 1.44 bits per heavy atom. The van der Waals surface area contributed by atoms with Crippen molar-refractivity contribution >= 4 is 17.8 Å². The summed E-state index contributed by atoms with van der Waals surface area (Å²) in [5.41, 5.74) is 5.13. The minimum atomic E-state index is -0.910. The van der Waals surface area contributed by atoms with Crippen molar-refractivity contribution < 1.29 is 19.5 Å². The highest BCUT2D eigenvalue weighted by Crippen LogP contribution is 2.15. The van der Waals surface area contributed by atoms with Crippen LogP contribution in [0.3, 0.4) is 0 Å². The monoisotopic (exact) mass is 258 g/mol. The Kier molecular flexibility index (Phi) is 7.94. The number of imide groups is 1. The van der Waals surface area contributed by atoms with E-state index >= 15 is 0 Å². The summed E-state index contributed by atoms with van der Waals surface area (Å²) in [6.45, 7) is 3.92. The van der Waals surface area contributed by atoms with Gasteiger partial charge in [0.1, 0.15) is 6.04 Å².